The molecule has 1 unspecified atom stereocenters. The van der Waals surface area contributed by atoms with Gasteiger partial charge in [0.1, 0.15) is 12.8 Å². The number of nitrogens with one attached hydrogen (secondary N) is 2. The van der Waals surface area contributed by atoms with Crippen LogP contribution in [0.4, 0.5) is 0 Å². The van der Waals surface area contributed by atoms with Crippen LogP contribution in [0, 0.1) is 0 Å². The number of pyridine rings is 3. The minimum Gasteiger partial charge on any atom is -0.503 e. The lowest BCUT2D eigenvalue weighted by Gasteiger charge is -2.18. The smallest absolute Gasteiger partial charge is 0.293 e. The lowest BCUT2D eigenvalue weighted by Crippen LogP contribution is -2.37. The van der Waals surface area contributed by atoms with E-state index in [1.165, 1.54) is 9.13 Å². The fourth-order valence-electron chi connectivity index (χ4n) is 6.00. The number of nitrogens with zero attached hydrogens (tertiary/aromatic N) is 3. The summed E-state index contributed by atoms with van der Waals surface area (Å²) in [7, 11) is 2.00. The van der Waals surface area contributed by atoms with Gasteiger partial charge < -0.3 is 34.4 Å². The maximum absolute atomic E-state index is 13.1. The monoisotopic (exact) mass is 658 g/mol. The quantitative estimate of drug-likeness (QED) is 0.130. The van der Waals surface area contributed by atoms with Crippen LogP contribution < -0.4 is 26.3 Å². The normalized spacial score (nSPS) is 11.9. The molecule has 4 N–H and O–H groups in total. The predicted octanol–water partition coefficient (Wildman–Crippen LogP) is 4.15. The topological polar surface area (TPSA) is 126 Å². The van der Waals surface area contributed by atoms with Crippen molar-refractivity contribution in [2.24, 2.45) is 7.05 Å². The minimum atomic E-state index is -0.458. The van der Waals surface area contributed by atoms with Gasteiger partial charge in [-0.15, -0.1) is 0 Å². The molecule has 0 bridgehead atoms. The second kappa shape index (κ2) is 15.5. The van der Waals surface area contributed by atoms with Crippen molar-refractivity contribution in [1.82, 2.24) is 19.8 Å². The van der Waals surface area contributed by atoms with Crippen LogP contribution in [0.3, 0.4) is 0 Å². The van der Waals surface area contributed by atoms with Crippen molar-refractivity contribution in [3.05, 3.63) is 182 Å². The van der Waals surface area contributed by atoms with E-state index in [4.69, 9.17) is 4.42 Å². The molecule has 4 aromatic heterocycles. The zero-order valence-corrected chi connectivity index (χ0v) is 27.3. The molecule has 0 saturated carbocycles. The van der Waals surface area contributed by atoms with Crippen molar-refractivity contribution in [3.8, 4) is 11.5 Å². The third kappa shape index (κ3) is 8.06. The molecule has 2 aromatic carbocycles. The first-order valence-electron chi connectivity index (χ1n) is 16.2. The van der Waals surface area contributed by atoms with Gasteiger partial charge in [-0.2, -0.15) is 0 Å². The molecule has 0 aliphatic carbocycles. The maximum Gasteiger partial charge on any atom is 0.293 e. The maximum atomic E-state index is 13.1. The Bertz CT molecular complexity index is 2120. The highest BCUT2D eigenvalue weighted by Gasteiger charge is 2.23. The minimum absolute atomic E-state index is 0.0838. The SMILES string of the molecule is C[n+]1ccccc1C(CNCc1ccn(Cc2ccccc2)c(=O)c1O)c1cccc(Cn2ccc(CNCc3ccco3)c(O)c2=O)c1. The number of aromatic nitrogens is 3. The molecule has 0 amide bonds. The van der Waals surface area contributed by atoms with E-state index in [2.05, 4.69) is 33.4 Å². The van der Waals surface area contributed by atoms with E-state index in [0.717, 1.165) is 28.1 Å². The van der Waals surface area contributed by atoms with Crippen LogP contribution in [0.15, 0.2) is 136 Å². The van der Waals surface area contributed by atoms with Crippen molar-refractivity contribution in [3.63, 3.8) is 0 Å². The summed E-state index contributed by atoms with van der Waals surface area (Å²) in [5.74, 6) is 0.148. The van der Waals surface area contributed by atoms with Crippen LogP contribution in [0.1, 0.15) is 45.2 Å². The Labute approximate surface area is 284 Å². The van der Waals surface area contributed by atoms with Gasteiger partial charge in [0.2, 0.25) is 0 Å². The van der Waals surface area contributed by atoms with Gasteiger partial charge in [-0.3, -0.25) is 9.59 Å². The van der Waals surface area contributed by atoms with E-state index in [1.54, 1.807) is 30.8 Å². The van der Waals surface area contributed by atoms with Gasteiger partial charge >= 0.3 is 0 Å². The molecule has 0 fully saturated rings. The molecular weight excluding hydrogens is 618 g/mol. The van der Waals surface area contributed by atoms with E-state index < -0.39 is 11.1 Å². The van der Waals surface area contributed by atoms with Crippen molar-refractivity contribution < 1.29 is 19.2 Å². The van der Waals surface area contributed by atoms with Gasteiger partial charge in [-0.25, -0.2) is 4.57 Å². The lowest BCUT2D eigenvalue weighted by molar-refractivity contribution is -0.680. The average Bonchev–Trinajstić information content (AvgIpc) is 3.64. The summed E-state index contributed by atoms with van der Waals surface area (Å²) in [6, 6.07) is 31.0. The van der Waals surface area contributed by atoms with E-state index in [0.29, 0.717) is 43.9 Å². The largest absolute Gasteiger partial charge is 0.503 e. The van der Waals surface area contributed by atoms with Crippen LogP contribution in [-0.4, -0.2) is 25.9 Å². The number of hydrogen-bond donors (Lipinski definition) is 4. The number of rotatable bonds is 14. The number of aromatic hydroxyl groups is 2. The summed E-state index contributed by atoms with van der Waals surface area (Å²) in [4.78, 5) is 26.1. The zero-order valence-electron chi connectivity index (χ0n) is 27.3. The standard InChI is InChI=1S/C39H39N5O5/c1-42-17-6-5-14-35(42)34(25-41-23-32-15-18-43(38(47)37(32)46)26-28-9-3-2-4-10-28)30-12-7-11-29(21-30)27-44-19-16-31(36(45)39(44)48)22-40-24-33-13-8-20-49-33/h2-21,34,40-41H,22-27H2,1H3,(H-,45,46)/p+1. The summed E-state index contributed by atoms with van der Waals surface area (Å²) >= 11 is 0. The Kier molecular flexibility index (Phi) is 10.5. The Morgan fingerprint density at radius 3 is 2.04 bits per heavy atom. The molecule has 10 heteroatoms. The molecule has 10 nitrogen and oxygen atoms in total. The molecule has 6 aromatic rings. The number of benzene rings is 2. The third-order valence-electron chi connectivity index (χ3n) is 8.66. The summed E-state index contributed by atoms with van der Waals surface area (Å²) in [5, 5.41) is 28.1. The van der Waals surface area contributed by atoms with Crippen molar-refractivity contribution in [1.29, 1.82) is 0 Å². The van der Waals surface area contributed by atoms with Crippen LogP contribution in [-0.2, 0) is 39.8 Å². The molecule has 0 spiro atoms. The first kappa shape index (κ1) is 33.2. The molecule has 0 aliphatic heterocycles. The Morgan fingerprint density at radius 2 is 1.37 bits per heavy atom. The Hall–Kier alpha value is -5.71. The van der Waals surface area contributed by atoms with Gasteiger partial charge in [0.15, 0.2) is 23.4 Å². The first-order valence-corrected chi connectivity index (χ1v) is 16.2. The van der Waals surface area contributed by atoms with Crippen LogP contribution in [0.25, 0.3) is 0 Å². The molecular formula is C39H40N5O5+. The van der Waals surface area contributed by atoms with E-state index >= 15 is 0 Å². The molecule has 0 radical (unpaired) electrons. The van der Waals surface area contributed by atoms with Gasteiger partial charge in [0.05, 0.1) is 31.8 Å². The Morgan fingerprint density at radius 1 is 0.714 bits per heavy atom. The number of furan rings is 1. The summed E-state index contributed by atoms with van der Waals surface area (Å²) in [6.45, 7) is 2.30. The second-order valence-electron chi connectivity index (χ2n) is 12.1. The van der Waals surface area contributed by atoms with Crippen molar-refractivity contribution >= 4 is 0 Å². The van der Waals surface area contributed by atoms with Gasteiger partial charge in [-0.05, 0) is 41.0 Å². The molecule has 1 atom stereocenters. The summed E-state index contributed by atoms with van der Waals surface area (Å²) in [6.07, 6.45) is 7.02. The average molecular weight is 659 g/mol. The molecule has 6 rings (SSSR count). The highest BCUT2D eigenvalue weighted by atomic mass is 16.3. The highest BCUT2D eigenvalue weighted by Crippen LogP contribution is 2.24. The van der Waals surface area contributed by atoms with Crippen molar-refractivity contribution in [2.75, 3.05) is 6.54 Å². The highest BCUT2D eigenvalue weighted by molar-refractivity contribution is 5.34. The second-order valence-corrected chi connectivity index (χ2v) is 12.1. The lowest BCUT2D eigenvalue weighted by atomic mass is 9.93. The van der Waals surface area contributed by atoms with Gasteiger partial charge in [0, 0.05) is 55.3 Å². The van der Waals surface area contributed by atoms with E-state index in [-0.39, 0.29) is 24.0 Å². The molecule has 0 aliphatic rings. The molecule has 4 heterocycles. The zero-order chi connectivity index (χ0) is 34.2. The Balaban J connectivity index is 1.17. The molecule has 0 saturated heterocycles. The van der Waals surface area contributed by atoms with Crippen molar-refractivity contribution in [2.45, 2.75) is 38.6 Å². The number of aryl methyl sites for hydroxylation is 1. The fraction of sp³-hybridized carbons (Fsp3) is 0.205. The molecule has 49 heavy (non-hydrogen) atoms. The van der Waals surface area contributed by atoms with E-state index in [1.807, 2.05) is 80.0 Å². The number of hydrogen-bond acceptors (Lipinski definition) is 7. The predicted molar refractivity (Wildman–Crippen MR) is 186 cm³/mol. The molecule has 250 valence electrons. The van der Waals surface area contributed by atoms with Gasteiger partial charge in [-0.1, -0.05) is 60.7 Å². The summed E-state index contributed by atoms with van der Waals surface area (Å²) < 4.78 is 10.4. The third-order valence-corrected chi connectivity index (χ3v) is 8.66. The van der Waals surface area contributed by atoms with Gasteiger partial charge in [0.25, 0.3) is 11.1 Å². The van der Waals surface area contributed by atoms with Crippen LogP contribution in [0.5, 0.6) is 11.5 Å². The summed E-state index contributed by atoms with van der Waals surface area (Å²) in [5.41, 5.74) is 4.14. The fourth-order valence-corrected chi connectivity index (χ4v) is 6.00. The first-order chi connectivity index (χ1) is 23.9. The van der Waals surface area contributed by atoms with Crippen LogP contribution >= 0.6 is 0 Å². The van der Waals surface area contributed by atoms with Crippen LogP contribution in [0.2, 0.25) is 0 Å². The van der Waals surface area contributed by atoms with E-state index in [9.17, 15) is 19.8 Å².